The summed E-state index contributed by atoms with van der Waals surface area (Å²) in [5.41, 5.74) is -0.137. The van der Waals surface area contributed by atoms with E-state index in [2.05, 4.69) is 4.72 Å². The van der Waals surface area contributed by atoms with Crippen LogP contribution in [0.1, 0.15) is 31.2 Å². The van der Waals surface area contributed by atoms with Gasteiger partial charge in [0.2, 0.25) is 10.0 Å². The van der Waals surface area contributed by atoms with Gasteiger partial charge in [-0.3, -0.25) is 10.1 Å². The Morgan fingerprint density at radius 2 is 2.00 bits per heavy atom. The van der Waals surface area contributed by atoms with Crippen LogP contribution in [0, 0.1) is 17.0 Å². The molecule has 0 bridgehead atoms. The smallest absolute Gasteiger partial charge is 0.273 e. The van der Waals surface area contributed by atoms with Crippen LogP contribution in [0.15, 0.2) is 23.1 Å². The number of rotatable bonds is 4. The quantitative estimate of drug-likeness (QED) is 0.646. The van der Waals surface area contributed by atoms with Gasteiger partial charge in [-0.05, 0) is 25.8 Å². The Morgan fingerprint density at radius 3 is 2.62 bits per heavy atom. The minimum Gasteiger partial charge on any atom is -0.391 e. The van der Waals surface area contributed by atoms with Crippen LogP contribution in [-0.2, 0) is 10.0 Å². The van der Waals surface area contributed by atoms with E-state index in [4.69, 9.17) is 0 Å². The molecule has 2 rings (SSSR count). The van der Waals surface area contributed by atoms with E-state index in [-0.39, 0.29) is 16.1 Å². The molecule has 0 heterocycles. The summed E-state index contributed by atoms with van der Waals surface area (Å²) >= 11 is 0. The van der Waals surface area contributed by atoms with Crippen LogP contribution < -0.4 is 4.72 Å². The van der Waals surface area contributed by atoms with Crippen molar-refractivity contribution in [3.05, 3.63) is 33.9 Å². The first kappa shape index (κ1) is 15.9. The van der Waals surface area contributed by atoms with Gasteiger partial charge in [-0.1, -0.05) is 18.9 Å². The number of benzene rings is 1. The lowest BCUT2D eigenvalue weighted by molar-refractivity contribution is -0.385. The summed E-state index contributed by atoms with van der Waals surface area (Å²) in [6.45, 7) is 1.41. The minimum atomic E-state index is -3.89. The van der Waals surface area contributed by atoms with Crippen molar-refractivity contribution in [2.75, 3.05) is 0 Å². The molecule has 1 saturated carbocycles. The molecule has 116 valence electrons. The zero-order valence-electron chi connectivity index (χ0n) is 11.7. The number of nitrogens with one attached hydrogen (secondary N) is 1. The lowest BCUT2D eigenvalue weighted by atomic mass is 9.93. The van der Waals surface area contributed by atoms with Gasteiger partial charge in [0, 0.05) is 17.7 Å². The van der Waals surface area contributed by atoms with Crippen molar-refractivity contribution in [1.82, 2.24) is 4.72 Å². The molecule has 0 saturated heterocycles. The summed E-state index contributed by atoms with van der Waals surface area (Å²) in [5.74, 6) is 0. The number of nitro groups is 1. The molecule has 2 atom stereocenters. The first-order valence-electron chi connectivity index (χ1n) is 6.77. The predicted octanol–water partition coefficient (Wildman–Crippen LogP) is 1.49. The van der Waals surface area contributed by atoms with Crippen LogP contribution in [0.25, 0.3) is 0 Å². The Hall–Kier alpha value is -1.51. The van der Waals surface area contributed by atoms with Gasteiger partial charge in [0.15, 0.2) is 0 Å². The third kappa shape index (κ3) is 3.39. The summed E-state index contributed by atoms with van der Waals surface area (Å²) in [6.07, 6.45) is 2.12. The van der Waals surface area contributed by atoms with Crippen molar-refractivity contribution in [1.29, 1.82) is 0 Å². The largest absolute Gasteiger partial charge is 0.391 e. The van der Waals surface area contributed by atoms with Gasteiger partial charge in [-0.25, -0.2) is 13.1 Å². The second kappa shape index (κ2) is 6.08. The first-order chi connectivity index (χ1) is 9.83. The molecule has 0 spiro atoms. The molecule has 0 unspecified atom stereocenters. The van der Waals surface area contributed by atoms with Crippen molar-refractivity contribution >= 4 is 15.7 Å². The second-order valence-electron chi connectivity index (χ2n) is 5.24. The van der Waals surface area contributed by atoms with Gasteiger partial charge < -0.3 is 5.11 Å². The monoisotopic (exact) mass is 314 g/mol. The Labute approximate surface area is 123 Å². The highest BCUT2D eigenvalue weighted by molar-refractivity contribution is 7.89. The summed E-state index contributed by atoms with van der Waals surface area (Å²) in [4.78, 5) is 10.2. The lowest BCUT2D eigenvalue weighted by Gasteiger charge is -2.28. The molecule has 0 aromatic heterocycles. The summed E-state index contributed by atoms with van der Waals surface area (Å²) in [5, 5.41) is 20.7. The lowest BCUT2D eigenvalue weighted by Crippen LogP contribution is -2.45. The van der Waals surface area contributed by atoms with E-state index in [0.717, 1.165) is 12.8 Å². The summed E-state index contributed by atoms with van der Waals surface area (Å²) in [6, 6.07) is 3.41. The Morgan fingerprint density at radius 1 is 1.33 bits per heavy atom. The van der Waals surface area contributed by atoms with Crippen LogP contribution in [-0.4, -0.2) is 30.6 Å². The molecule has 1 aliphatic rings. The molecule has 2 N–H and O–H groups in total. The fourth-order valence-electron chi connectivity index (χ4n) is 2.60. The van der Waals surface area contributed by atoms with E-state index in [9.17, 15) is 23.6 Å². The normalized spacial score (nSPS) is 23.0. The molecule has 7 nitrogen and oxygen atoms in total. The summed E-state index contributed by atoms with van der Waals surface area (Å²) in [7, 11) is -3.89. The maximum Gasteiger partial charge on any atom is 0.273 e. The molecule has 1 fully saturated rings. The maximum atomic E-state index is 12.4. The molecule has 0 amide bonds. The topological polar surface area (TPSA) is 110 Å². The number of hydrogen-bond acceptors (Lipinski definition) is 5. The zero-order valence-corrected chi connectivity index (χ0v) is 12.5. The van der Waals surface area contributed by atoms with Crippen molar-refractivity contribution in [3.63, 3.8) is 0 Å². The average molecular weight is 314 g/mol. The molecule has 8 heteroatoms. The third-order valence-electron chi connectivity index (χ3n) is 3.78. The molecule has 1 aromatic rings. The Balaban J connectivity index is 2.31. The number of nitro benzene ring substituents is 1. The highest BCUT2D eigenvalue weighted by atomic mass is 32.2. The number of hydrogen-bond donors (Lipinski definition) is 2. The molecule has 1 aromatic carbocycles. The van der Waals surface area contributed by atoms with Gasteiger partial charge in [0.25, 0.3) is 5.69 Å². The van der Waals surface area contributed by atoms with Crippen LogP contribution >= 0.6 is 0 Å². The molecule has 1 aliphatic carbocycles. The van der Waals surface area contributed by atoms with Crippen molar-refractivity contribution in [2.24, 2.45) is 0 Å². The molecular formula is C13H18N2O5S. The van der Waals surface area contributed by atoms with Gasteiger partial charge >= 0.3 is 0 Å². The predicted molar refractivity (Wildman–Crippen MR) is 76.4 cm³/mol. The summed E-state index contributed by atoms with van der Waals surface area (Å²) < 4.78 is 27.3. The van der Waals surface area contributed by atoms with Crippen LogP contribution in [0.4, 0.5) is 5.69 Å². The van der Waals surface area contributed by atoms with Gasteiger partial charge in [0.05, 0.1) is 15.9 Å². The van der Waals surface area contributed by atoms with Gasteiger partial charge in [-0.15, -0.1) is 0 Å². The van der Waals surface area contributed by atoms with Gasteiger partial charge in [-0.2, -0.15) is 0 Å². The van der Waals surface area contributed by atoms with Crippen LogP contribution in [0.3, 0.4) is 0 Å². The third-order valence-corrected chi connectivity index (χ3v) is 5.41. The Bertz CT molecular complexity index is 644. The standard InChI is InChI=1S/C13H18N2O5S/c1-9-11(15(17)18)6-4-8-13(9)21(19,20)14-10-5-2-3-7-12(10)16/h4,6,8,10,12,14,16H,2-3,5,7H2,1H3/t10-,12-/m0/s1. The SMILES string of the molecule is Cc1c([N+](=O)[O-])cccc1S(=O)(=O)N[C@H]1CCCC[C@@H]1O. The molecule has 0 aliphatic heterocycles. The van der Waals surface area contributed by atoms with Gasteiger partial charge in [0.1, 0.15) is 0 Å². The minimum absolute atomic E-state index is 0.0975. The average Bonchev–Trinajstić information content (AvgIpc) is 2.41. The number of sulfonamides is 1. The van der Waals surface area contributed by atoms with E-state index < -0.39 is 27.1 Å². The fraction of sp³-hybridized carbons (Fsp3) is 0.538. The Kier molecular flexibility index (Phi) is 4.60. The van der Waals surface area contributed by atoms with E-state index in [1.54, 1.807) is 0 Å². The van der Waals surface area contributed by atoms with Crippen LogP contribution in [0.5, 0.6) is 0 Å². The first-order valence-corrected chi connectivity index (χ1v) is 8.25. The van der Waals surface area contributed by atoms with E-state index in [1.165, 1.54) is 25.1 Å². The number of nitrogens with zero attached hydrogens (tertiary/aromatic N) is 1. The van der Waals surface area contributed by atoms with Crippen molar-refractivity contribution < 1.29 is 18.4 Å². The van der Waals surface area contributed by atoms with E-state index >= 15 is 0 Å². The maximum absolute atomic E-state index is 12.4. The van der Waals surface area contributed by atoms with E-state index in [0.29, 0.717) is 12.8 Å². The van der Waals surface area contributed by atoms with Crippen molar-refractivity contribution in [2.45, 2.75) is 49.6 Å². The highest BCUT2D eigenvalue weighted by Gasteiger charge is 2.30. The van der Waals surface area contributed by atoms with Crippen molar-refractivity contribution in [3.8, 4) is 0 Å². The molecule has 0 radical (unpaired) electrons. The fourth-order valence-corrected chi connectivity index (χ4v) is 4.17. The molecular weight excluding hydrogens is 296 g/mol. The number of aliphatic hydroxyl groups excluding tert-OH is 1. The molecule has 21 heavy (non-hydrogen) atoms. The van der Waals surface area contributed by atoms with E-state index in [1.807, 2.05) is 0 Å². The van der Waals surface area contributed by atoms with Crippen LogP contribution in [0.2, 0.25) is 0 Å². The zero-order chi connectivity index (χ0) is 15.6. The number of aliphatic hydroxyl groups is 1. The highest BCUT2D eigenvalue weighted by Crippen LogP contribution is 2.26. The second-order valence-corrected chi connectivity index (χ2v) is 6.92.